The first kappa shape index (κ1) is 17.5. The Bertz CT molecular complexity index is 735. The van der Waals surface area contributed by atoms with Gasteiger partial charge in [0.15, 0.2) is 0 Å². The molecule has 3 heterocycles. The zero-order chi connectivity index (χ0) is 18.2. The molecule has 2 unspecified atom stereocenters. The Morgan fingerprint density at radius 3 is 2.72 bits per heavy atom. The summed E-state index contributed by atoms with van der Waals surface area (Å²) in [5, 5.41) is 2.52. The van der Waals surface area contributed by atoms with Gasteiger partial charge < -0.3 is 19.5 Å². The molecule has 25 heavy (non-hydrogen) atoms. The van der Waals surface area contributed by atoms with Gasteiger partial charge in [0.1, 0.15) is 12.1 Å². The van der Waals surface area contributed by atoms with Gasteiger partial charge in [0, 0.05) is 37.3 Å². The molecule has 1 aromatic heterocycles. The highest BCUT2D eigenvalue weighted by Gasteiger charge is 2.36. The predicted octanol–water partition coefficient (Wildman–Crippen LogP) is 1.32. The Kier molecular flexibility index (Phi) is 4.58. The van der Waals surface area contributed by atoms with Crippen molar-refractivity contribution >= 4 is 12.0 Å². The van der Waals surface area contributed by atoms with Crippen molar-refractivity contribution in [1.82, 2.24) is 14.8 Å². The van der Waals surface area contributed by atoms with E-state index in [1.54, 1.807) is 37.8 Å². The summed E-state index contributed by atoms with van der Waals surface area (Å²) in [5.74, 6) is 0.330. The fourth-order valence-corrected chi connectivity index (χ4v) is 3.67. The van der Waals surface area contributed by atoms with Crippen LogP contribution >= 0.6 is 0 Å². The van der Waals surface area contributed by atoms with Crippen LogP contribution in [0, 0.1) is 5.92 Å². The molecule has 7 nitrogen and oxygen atoms in total. The van der Waals surface area contributed by atoms with Crippen LogP contribution in [0.4, 0.5) is 4.79 Å². The number of rotatable bonds is 2. The number of fused-ring (bicyclic) bond motifs is 4. The minimum Gasteiger partial charge on any atom is -0.444 e. The third-order valence-electron chi connectivity index (χ3n) is 4.62. The van der Waals surface area contributed by atoms with E-state index in [1.165, 1.54) is 0 Å². The molecule has 2 atom stereocenters. The van der Waals surface area contributed by atoms with Crippen molar-refractivity contribution in [2.45, 2.75) is 45.3 Å². The molecule has 2 amide bonds. The summed E-state index contributed by atoms with van der Waals surface area (Å²) < 4.78 is 6.98. The van der Waals surface area contributed by atoms with E-state index in [4.69, 9.17) is 4.74 Å². The quantitative estimate of drug-likeness (QED) is 0.875. The summed E-state index contributed by atoms with van der Waals surface area (Å²) in [5.41, 5.74) is 0.437. The average Bonchev–Trinajstić information content (AvgIpc) is 2.52. The lowest BCUT2D eigenvalue weighted by molar-refractivity contribution is -0.133. The van der Waals surface area contributed by atoms with E-state index in [-0.39, 0.29) is 29.8 Å². The fourth-order valence-electron chi connectivity index (χ4n) is 3.67. The summed E-state index contributed by atoms with van der Waals surface area (Å²) in [6, 6.07) is 5.33. The van der Waals surface area contributed by atoms with Crippen molar-refractivity contribution in [3.8, 4) is 0 Å². The number of nitrogens with one attached hydrogen (secondary N) is 1. The SMILES string of the molecule is CC(C)(C)OC(=O)NCC(=O)N1CC2CC(C1)c1cccc(=O)n1C2. The van der Waals surface area contributed by atoms with Gasteiger partial charge in [-0.2, -0.15) is 0 Å². The largest absolute Gasteiger partial charge is 0.444 e. The molecule has 1 aromatic rings. The lowest BCUT2D eigenvalue weighted by Gasteiger charge is -2.42. The second kappa shape index (κ2) is 6.54. The number of amides is 2. The van der Waals surface area contributed by atoms with Crippen molar-refractivity contribution in [2.75, 3.05) is 19.6 Å². The lowest BCUT2D eigenvalue weighted by Crippen LogP contribution is -2.51. The van der Waals surface area contributed by atoms with E-state index in [0.717, 1.165) is 12.1 Å². The summed E-state index contributed by atoms with van der Waals surface area (Å²) in [7, 11) is 0. The number of likely N-dealkylation sites (tertiary alicyclic amines) is 1. The maximum absolute atomic E-state index is 12.5. The molecule has 1 fully saturated rings. The number of hydrogen-bond donors (Lipinski definition) is 1. The summed E-state index contributed by atoms with van der Waals surface area (Å²) >= 11 is 0. The van der Waals surface area contributed by atoms with E-state index >= 15 is 0 Å². The fraction of sp³-hybridized carbons (Fsp3) is 0.611. The van der Waals surface area contributed by atoms with E-state index in [0.29, 0.717) is 19.6 Å². The molecule has 1 N–H and O–H groups in total. The van der Waals surface area contributed by atoms with Crippen LogP contribution in [0.15, 0.2) is 23.0 Å². The minimum atomic E-state index is -0.591. The lowest BCUT2D eigenvalue weighted by atomic mass is 9.83. The molecule has 136 valence electrons. The van der Waals surface area contributed by atoms with Gasteiger partial charge in [-0.05, 0) is 39.2 Å². The molecule has 0 aliphatic carbocycles. The van der Waals surface area contributed by atoms with Crippen molar-refractivity contribution in [3.05, 3.63) is 34.2 Å². The van der Waals surface area contributed by atoms with Crippen LogP contribution in [0.2, 0.25) is 0 Å². The predicted molar refractivity (Wildman–Crippen MR) is 92.4 cm³/mol. The number of aromatic nitrogens is 1. The molecular weight excluding hydrogens is 322 g/mol. The van der Waals surface area contributed by atoms with Gasteiger partial charge >= 0.3 is 6.09 Å². The monoisotopic (exact) mass is 347 g/mol. The van der Waals surface area contributed by atoms with Gasteiger partial charge in [-0.25, -0.2) is 4.79 Å². The van der Waals surface area contributed by atoms with Crippen molar-refractivity contribution in [3.63, 3.8) is 0 Å². The first-order chi connectivity index (χ1) is 11.7. The highest BCUT2D eigenvalue weighted by atomic mass is 16.6. The third kappa shape index (κ3) is 4.03. The van der Waals surface area contributed by atoms with Crippen LogP contribution < -0.4 is 10.9 Å². The molecule has 3 rings (SSSR count). The molecular formula is C18H25N3O4. The molecule has 2 bridgehead atoms. The average molecular weight is 347 g/mol. The Morgan fingerprint density at radius 1 is 1.24 bits per heavy atom. The highest BCUT2D eigenvalue weighted by molar-refractivity contribution is 5.82. The van der Waals surface area contributed by atoms with Gasteiger partial charge in [0.25, 0.3) is 5.56 Å². The zero-order valence-corrected chi connectivity index (χ0v) is 14.9. The first-order valence-corrected chi connectivity index (χ1v) is 8.67. The van der Waals surface area contributed by atoms with Gasteiger partial charge in [-0.15, -0.1) is 0 Å². The third-order valence-corrected chi connectivity index (χ3v) is 4.62. The number of carbonyl (C=O) groups is 2. The van der Waals surface area contributed by atoms with Crippen LogP contribution in [0.5, 0.6) is 0 Å². The number of alkyl carbamates (subject to hydrolysis) is 1. The topological polar surface area (TPSA) is 80.6 Å². The molecule has 2 aliphatic heterocycles. The van der Waals surface area contributed by atoms with Crippen LogP contribution in [0.3, 0.4) is 0 Å². The number of hydrogen-bond acceptors (Lipinski definition) is 4. The summed E-state index contributed by atoms with van der Waals surface area (Å²) in [4.78, 5) is 38.0. The number of nitrogens with zero attached hydrogens (tertiary/aromatic N) is 2. The second-order valence-electron chi connectivity index (χ2n) is 7.85. The molecule has 0 spiro atoms. The maximum Gasteiger partial charge on any atom is 0.408 e. The van der Waals surface area contributed by atoms with Crippen molar-refractivity contribution < 1.29 is 14.3 Å². The molecule has 0 saturated carbocycles. The van der Waals surface area contributed by atoms with E-state index < -0.39 is 11.7 Å². The van der Waals surface area contributed by atoms with Gasteiger partial charge in [0.2, 0.25) is 5.91 Å². The normalized spacial score (nSPS) is 22.1. The van der Waals surface area contributed by atoms with Crippen LogP contribution in [-0.4, -0.2) is 46.7 Å². The molecule has 0 radical (unpaired) electrons. The van der Waals surface area contributed by atoms with E-state index in [1.807, 2.05) is 10.6 Å². The smallest absolute Gasteiger partial charge is 0.408 e. The van der Waals surface area contributed by atoms with Gasteiger partial charge in [0.05, 0.1) is 0 Å². The van der Waals surface area contributed by atoms with E-state index in [2.05, 4.69) is 5.32 Å². The summed E-state index contributed by atoms with van der Waals surface area (Å²) in [6.45, 7) is 7.10. The minimum absolute atomic E-state index is 0.0265. The molecule has 2 aliphatic rings. The highest BCUT2D eigenvalue weighted by Crippen LogP contribution is 2.34. The Labute approximate surface area is 147 Å². The van der Waals surface area contributed by atoms with Crippen LogP contribution in [0.1, 0.15) is 38.8 Å². The summed E-state index contributed by atoms with van der Waals surface area (Å²) in [6.07, 6.45) is 0.405. The molecule has 1 saturated heterocycles. The number of piperidine rings is 1. The standard InChI is InChI=1S/C18H25N3O4/c1-18(2,3)25-17(24)19-8-16(23)20-9-12-7-13(11-20)14-5-4-6-15(22)21(14)10-12/h4-6,12-13H,7-11H2,1-3H3,(H,19,24). The Morgan fingerprint density at radius 2 is 2.00 bits per heavy atom. The first-order valence-electron chi connectivity index (χ1n) is 8.67. The van der Waals surface area contributed by atoms with Gasteiger partial charge in [-0.1, -0.05) is 6.07 Å². The van der Waals surface area contributed by atoms with Crippen LogP contribution in [-0.2, 0) is 16.1 Å². The number of pyridine rings is 1. The molecule has 7 heteroatoms. The van der Waals surface area contributed by atoms with Gasteiger partial charge in [-0.3, -0.25) is 9.59 Å². The second-order valence-corrected chi connectivity index (χ2v) is 7.85. The maximum atomic E-state index is 12.5. The van der Waals surface area contributed by atoms with Crippen molar-refractivity contribution in [1.29, 1.82) is 0 Å². The number of carbonyl (C=O) groups excluding carboxylic acids is 2. The molecule has 0 aromatic carbocycles. The van der Waals surface area contributed by atoms with Crippen LogP contribution in [0.25, 0.3) is 0 Å². The zero-order valence-electron chi connectivity index (χ0n) is 14.9. The van der Waals surface area contributed by atoms with E-state index in [9.17, 15) is 14.4 Å². The van der Waals surface area contributed by atoms with Crippen molar-refractivity contribution in [2.24, 2.45) is 5.92 Å². The Hall–Kier alpha value is -2.31. The number of ether oxygens (including phenoxy) is 1. The Balaban J connectivity index is 1.62.